The van der Waals surface area contributed by atoms with E-state index >= 15 is 0 Å². The van der Waals surface area contributed by atoms with Gasteiger partial charge in [-0.05, 0) is 12.5 Å². The lowest BCUT2D eigenvalue weighted by molar-refractivity contribution is 0.189. The summed E-state index contributed by atoms with van der Waals surface area (Å²) >= 11 is 0. The Bertz CT molecular complexity index is 753. The molecule has 0 bridgehead atoms. The molecule has 2 aromatic rings. The van der Waals surface area contributed by atoms with E-state index in [4.69, 9.17) is 9.88 Å². The number of primary sulfonamides is 1. The van der Waals surface area contributed by atoms with E-state index < -0.39 is 15.4 Å². The number of nitrogens with zero attached hydrogens (tertiary/aromatic N) is 3. The van der Waals surface area contributed by atoms with Crippen molar-refractivity contribution in [2.45, 2.75) is 33.6 Å². The van der Waals surface area contributed by atoms with Crippen molar-refractivity contribution in [1.82, 2.24) is 14.6 Å². The molecule has 0 atom stereocenters. The zero-order valence-electron chi connectivity index (χ0n) is 13.1. The van der Waals surface area contributed by atoms with Crippen LogP contribution in [0.25, 0.3) is 5.65 Å². The normalized spacial score (nSPS) is 12.7. The van der Waals surface area contributed by atoms with Crippen LogP contribution in [0, 0.1) is 5.41 Å². The van der Waals surface area contributed by atoms with Gasteiger partial charge < -0.3 is 4.74 Å². The van der Waals surface area contributed by atoms with Crippen LogP contribution in [0.4, 0.5) is 0 Å². The smallest absolute Gasteiger partial charge is 0.235 e. The molecule has 0 aliphatic carbocycles. The quantitative estimate of drug-likeness (QED) is 0.828. The molecule has 8 heteroatoms. The summed E-state index contributed by atoms with van der Waals surface area (Å²) in [6.45, 7) is 5.89. The topological polar surface area (TPSA) is 99.6 Å². The first kappa shape index (κ1) is 16.7. The molecular formula is C14H22N4O3S. The predicted octanol–water partition coefficient (Wildman–Crippen LogP) is 1.38. The first-order valence-electron chi connectivity index (χ1n) is 7.17. The van der Waals surface area contributed by atoms with Gasteiger partial charge in [0, 0.05) is 23.4 Å². The number of hydrogen-bond acceptors (Lipinski definition) is 5. The van der Waals surface area contributed by atoms with E-state index in [9.17, 15) is 8.42 Å². The van der Waals surface area contributed by atoms with E-state index in [0.29, 0.717) is 5.88 Å². The van der Waals surface area contributed by atoms with E-state index in [-0.39, 0.29) is 12.4 Å². The molecule has 2 N–H and O–H groups in total. The molecule has 0 radical (unpaired) electrons. The number of hydrogen-bond donors (Lipinski definition) is 1. The Balaban J connectivity index is 2.20. The molecular weight excluding hydrogens is 304 g/mol. The van der Waals surface area contributed by atoms with Crippen molar-refractivity contribution < 1.29 is 13.2 Å². The maximum atomic E-state index is 11.3. The first-order chi connectivity index (χ1) is 10.2. The van der Waals surface area contributed by atoms with Gasteiger partial charge in [-0.2, -0.15) is 0 Å². The number of rotatable bonds is 7. The van der Waals surface area contributed by atoms with Crippen molar-refractivity contribution in [2.24, 2.45) is 10.6 Å². The standard InChI is InChI=1S/C14H22N4O3S/c1-4-5-11-8-12-16-6-7-18(12)17-13(11)21-9-14(2,3)10-22(15,19)20/h6-8H,4-5,9-10H2,1-3H3,(H2,15,19,20). The monoisotopic (exact) mass is 326 g/mol. The van der Waals surface area contributed by atoms with Gasteiger partial charge in [-0.3, -0.25) is 0 Å². The van der Waals surface area contributed by atoms with Crippen LogP contribution >= 0.6 is 0 Å². The highest BCUT2D eigenvalue weighted by Gasteiger charge is 2.25. The Kier molecular flexibility index (Phi) is 4.72. The van der Waals surface area contributed by atoms with Crippen molar-refractivity contribution in [3.63, 3.8) is 0 Å². The number of aryl methyl sites for hydroxylation is 1. The summed E-state index contributed by atoms with van der Waals surface area (Å²) in [4.78, 5) is 4.21. The fourth-order valence-corrected chi connectivity index (χ4v) is 3.47. The molecule has 0 aliphatic rings. The summed E-state index contributed by atoms with van der Waals surface area (Å²) in [7, 11) is -3.55. The lowest BCUT2D eigenvalue weighted by Gasteiger charge is -2.23. The number of sulfonamides is 1. The Hall–Kier alpha value is -1.67. The van der Waals surface area contributed by atoms with Gasteiger partial charge in [0.05, 0.1) is 12.4 Å². The molecule has 0 unspecified atom stereocenters. The van der Waals surface area contributed by atoms with Gasteiger partial charge in [-0.1, -0.05) is 27.2 Å². The minimum absolute atomic E-state index is 0.142. The predicted molar refractivity (Wildman–Crippen MR) is 84.2 cm³/mol. The van der Waals surface area contributed by atoms with Crippen LogP contribution in [0.3, 0.4) is 0 Å². The average molecular weight is 326 g/mol. The van der Waals surface area contributed by atoms with Crippen LogP contribution in [0.5, 0.6) is 5.88 Å². The van der Waals surface area contributed by atoms with Gasteiger partial charge >= 0.3 is 0 Å². The Morgan fingerprint density at radius 2 is 2.14 bits per heavy atom. The second kappa shape index (κ2) is 6.21. The first-order valence-corrected chi connectivity index (χ1v) is 8.88. The van der Waals surface area contributed by atoms with E-state index in [1.807, 2.05) is 6.07 Å². The van der Waals surface area contributed by atoms with E-state index in [2.05, 4.69) is 17.0 Å². The molecule has 0 spiro atoms. The summed E-state index contributed by atoms with van der Waals surface area (Å²) in [5.74, 6) is 0.367. The maximum absolute atomic E-state index is 11.3. The molecule has 2 aromatic heterocycles. The summed E-state index contributed by atoms with van der Waals surface area (Å²) in [6.07, 6.45) is 5.19. The zero-order valence-corrected chi connectivity index (χ0v) is 13.9. The van der Waals surface area contributed by atoms with Crippen LogP contribution in [0.2, 0.25) is 0 Å². The van der Waals surface area contributed by atoms with Crippen LogP contribution in [-0.2, 0) is 16.4 Å². The largest absolute Gasteiger partial charge is 0.476 e. The lowest BCUT2D eigenvalue weighted by Crippen LogP contribution is -2.34. The Labute approximate surface area is 130 Å². The summed E-state index contributed by atoms with van der Waals surface area (Å²) in [6, 6.07) is 1.94. The third-order valence-corrected chi connectivity index (χ3v) is 4.32. The molecule has 0 fully saturated rings. The zero-order chi connectivity index (χ0) is 16.4. The number of imidazole rings is 1. The van der Waals surface area contributed by atoms with Crippen LogP contribution in [0.15, 0.2) is 18.5 Å². The fourth-order valence-electron chi connectivity index (χ4n) is 2.30. The maximum Gasteiger partial charge on any atom is 0.235 e. The molecule has 22 heavy (non-hydrogen) atoms. The summed E-state index contributed by atoms with van der Waals surface area (Å²) in [5.41, 5.74) is 1.13. The number of nitrogens with two attached hydrogens (primary N) is 1. The average Bonchev–Trinajstić information content (AvgIpc) is 2.80. The highest BCUT2D eigenvalue weighted by atomic mass is 32.2. The van der Waals surface area contributed by atoms with Crippen LogP contribution < -0.4 is 9.88 Å². The third kappa shape index (κ3) is 4.41. The third-order valence-electron chi connectivity index (χ3n) is 3.14. The second-order valence-electron chi connectivity index (χ2n) is 6.21. The molecule has 122 valence electrons. The van der Waals surface area contributed by atoms with Crippen molar-refractivity contribution in [1.29, 1.82) is 0 Å². The number of fused-ring (bicyclic) bond motifs is 1. The highest BCUT2D eigenvalue weighted by Crippen LogP contribution is 2.23. The summed E-state index contributed by atoms with van der Waals surface area (Å²) in [5, 5.41) is 9.52. The highest BCUT2D eigenvalue weighted by molar-refractivity contribution is 7.89. The van der Waals surface area contributed by atoms with Crippen molar-refractivity contribution in [2.75, 3.05) is 12.4 Å². The summed E-state index contributed by atoms with van der Waals surface area (Å²) < 4.78 is 30.0. The number of ether oxygens (including phenoxy) is 1. The van der Waals surface area contributed by atoms with E-state index in [1.54, 1.807) is 30.8 Å². The van der Waals surface area contributed by atoms with Gasteiger partial charge in [-0.25, -0.2) is 23.1 Å². The molecule has 0 aliphatic heterocycles. The molecule has 0 aromatic carbocycles. The van der Waals surface area contributed by atoms with E-state index in [1.165, 1.54) is 0 Å². The number of aromatic nitrogens is 3. The molecule has 0 saturated heterocycles. The molecule has 0 saturated carbocycles. The molecule has 0 amide bonds. The van der Waals surface area contributed by atoms with Crippen molar-refractivity contribution in [3.8, 4) is 5.88 Å². The Morgan fingerprint density at radius 3 is 2.77 bits per heavy atom. The van der Waals surface area contributed by atoms with Gasteiger partial charge in [0.15, 0.2) is 5.65 Å². The SMILES string of the molecule is CCCc1cc2nccn2nc1OCC(C)(C)CS(N)(=O)=O. The van der Waals surface area contributed by atoms with Gasteiger partial charge in [0.1, 0.15) is 0 Å². The lowest BCUT2D eigenvalue weighted by atomic mass is 9.98. The molecule has 2 rings (SSSR count). The van der Waals surface area contributed by atoms with Gasteiger partial charge in [0.25, 0.3) is 0 Å². The molecule has 7 nitrogen and oxygen atoms in total. The minimum atomic E-state index is -3.55. The van der Waals surface area contributed by atoms with Gasteiger partial charge in [-0.15, -0.1) is 5.10 Å². The van der Waals surface area contributed by atoms with Crippen LogP contribution in [-0.4, -0.2) is 35.4 Å². The second-order valence-corrected chi connectivity index (χ2v) is 7.83. The van der Waals surface area contributed by atoms with Gasteiger partial charge in [0.2, 0.25) is 15.9 Å². The van der Waals surface area contributed by atoms with Crippen molar-refractivity contribution in [3.05, 3.63) is 24.0 Å². The fraction of sp³-hybridized carbons (Fsp3) is 0.571. The van der Waals surface area contributed by atoms with E-state index in [0.717, 1.165) is 24.1 Å². The van der Waals surface area contributed by atoms with Crippen LogP contribution in [0.1, 0.15) is 32.8 Å². The molecule has 2 heterocycles. The Morgan fingerprint density at radius 1 is 1.41 bits per heavy atom. The van der Waals surface area contributed by atoms with Crippen molar-refractivity contribution >= 4 is 15.7 Å². The minimum Gasteiger partial charge on any atom is -0.476 e.